The first-order valence-corrected chi connectivity index (χ1v) is 6.74. The minimum atomic E-state index is -0.684. The molecule has 0 atom stereocenters. The standard InChI is InChI=1S/C16H13N3O3/c1-10-5-6-12-11(8-10)15(21)16(22)19(12)9-14(20)18-13-4-2-3-7-17-13/h2-8H,9H2,1H3,(H,17,18,20). The van der Waals surface area contributed by atoms with E-state index in [9.17, 15) is 14.4 Å². The maximum Gasteiger partial charge on any atom is 0.299 e. The minimum absolute atomic E-state index is 0.225. The molecule has 22 heavy (non-hydrogen) atoms. The van der Waals surface area contributed by atoms with Crippen LogP contribution in [-0.2, 0) is 9.59 Å². The van der Waals surface area contributed by atoms with E-state index in [0.29, 0.717) is 17.1 Å². The van der Waals surface area contributed by atoms with Crippen molar-refractivity contribution in [2.45, 2.75) is 6.92 Å². The first kappa shape index (κ1) is 13.9. The predicted molar refractivity (Wildman–Crippen MR) is 80.7 cm³/mol. The molecule has 110 valence electrons. The molecule has 2 heterocycles. The summed E-state index contributed by atoms with van der Waals surface area (Å²) in [6.07, 6.45) is 1.55. The number of rotatable bonds is 3. The lowest BCUT2D eigenvalue weighted by atomic mass is 10.1. The summed E-state index contributed by atoms with van der Waals surface area (Å²) in [6, 6.07) is 10.3. The van der Waals surface area contributed by atoms with Crippen molar-refractivity contribution in [1.29, 1.82) is 0 Å². The zero-order valence-electron chi connectivity index (χ0n) is 11.9. The van der Waals surface area contributed by atoms with Gasteiger partial charge in [-0.2, -0.15) is 0 Å². The number of benzene rings is 1. The van der Waals surface area contributed by atoms with Gasteiger partial charge in [0.05, 0.1) is 11.3 Å². The third-order valence-electron chi connectivity index (χ3n) is 3.36. The third kappa shape index (κ3) is 2.46. The Morgan fingerprint density at radius 3 is 2.77 bits per heavy atom. The Morgan fingerprint density at radius 2 is 2.05 bits per heavy atom. The molecule has 1 aliphatic heterocycles. The van der Waals surface area contributed by atoms with Crippen molar-refractivity contribution in [3.63, 3.8) is 0 Å². The van der Waals surface area contributed by atoms with E-state index in [2.05, 4.69) is 10.3 Å². The molecule has 0 aliphatic carbocycles. The average Bonchev–Trinajstić information content (AvgIpc) is 2.73. The van der Waals surface area contributed by atoms with E-state index in [1.165, 1.54) is 4.90 Å². The molecule has 0 unspecified atom stereocenters. The first-order valence-electron chi connectivity index (χ1n) is 6.74. The zero-order valence-corrected chi connectivity index (χ0v) is 11.9. The molecule has 2 amide bonds. The Kier molecular flexibility index (Phi) is 3.42. The third-order valence-corrected chi connectivity index (χ3v) is 3.36. The molecule has 0 spiro atoms. The van der Waals surface area contributed by atoms with Crippen molar-refractivity contribution in [2.24, 2.45) is 0 Å². The molecule has 0 fully saturated rings. The van der Waals surface area contributed by atoms with Gasteiger partial charge in [-0.15, -0.1) is 0 Å². The van der Waals surface area contributed by atoms with Gasteiger partial charge in [-0.3, -0.25) is 19.3 Å². The van der Waals surface area contributed by atoms with Gasteiger partial charge in [0.25, 0.3) is 11.7 Å². The molecule has 6 heteroatoms. The van der Waals surface area contributed by atoms with Gasteiger partial charge < -0.3 is 5.32 Å². The fourth-order valence-electron chi connectivity index (χ4n) is 2.33. The lowest BCUT2D eigenvalue weighted by Crippen LogP contribution is -2.37. The van der Waals surface area contributed by atoms with Crippen LogP contribution in [0.4, 0.5) is 11.5 Å². The summed E-state index contributed by atoms with van der Waals surface area (Å²) in [4.78, 5) is 41.2. The average molecular weight is 295 g/mol. The Hall–Kier alpha value is -3.02. The van der Waals surface area contributed by atoms with Gasteiger partial charge in [0, 0.05) is 6.20 Å². The van der Waals surface area contributed by atoms with Crippen LogP contribution < -0.4 is 10.2 Å². The van der Waals surface area contributed by atoms with Crippen molar-refractivity contribution in [3.05, 3.63) is 53.7 Å². The number of hydrogen-bond donors (Lipinski definition) is 1. The highest BCUT2D eigenvalue weighted by molar-refractivity contribution is 6.52. The molecule has 1 aromatic carbocycles. The normalized spacial score (nSPS) is 13.2. The molecule has 1 aliphatic rings. The van der Waals surface area contributed by atoms with E-state index in [0.717, 1.165) is 5.56 Å². The van der Waals surface area contributed by atoms with Crippen LogP contribution in [0.1, 0.15) is 15.9 Å². The van der Waals surface area contributed by atoms with Crippen LogP contribution in [0, 0.1) is 6.92 Å². The van der Waals surface area contributed by atoms with Crippen molar-refractivity contribution in [3.8, 4) is 0 Å². The van der Waals surface area contributed by atoms with Crippen LogP contribution in [0.5, 0.6) is 0 Å². The summed E-state index contributed by atoms with van der Waals surface area (Å²) in [7, 11) is 0. The van der Waals surface area contributed by atoms with Crippen LogP contribution in [0.3, 0.4) is 0 Å². The van der Waals surface area contributed by atoms with Crippen molar-refractivity contribution in [1.82, 2.24) is 4.98 Å². The zero-order chi connectivity index (χ0) is 15.7. The van der Waals surface area contributed by atoms with Crippen molar-refractivity contribution < 1.29 is 14.4 Å². The topological polar surface area (TPSA) is 79.4 Å². The predicted octanol–water partition coefficient (Wildman–Crippen LogP) is 1.56. The Balaban J connectivity index is 1.80. The number of aryl methyl sites for hydroxylation is 1. The number of ketones is 1. The summed E-state index contributed by atoms with van der Waals surface area (Å²) in [5.74, 6) is -1.27. The van der Waals surface area contributed by atoms with Gasteiger partial charge in [-0.05, 0) is 31.2 Å². The van der Waals surface area contributed by atoms with Crippen LogP contribution in [0.2, 0.25) is 0 Å². The quantitative estimate of drug-likeness (QED) is 0.871. The summed E-state index contributed by atoms with van der Waals surface area (Å²) >= 11 is 0. The number of anilines is 2. The number of pyridine rings is 1. The number of Topliss-reactive ketones (excluding diaryl/α,β-unsaturated/α-hetero) is 1. The molecule has 0 saturated carbocycles. The number of nitrogens with zero attached hydrogens (tertiary/aromatic N) is 2. The monoisotopic (exact) mass is 295 g/mol. The minimum Gasteiger partial charge on any atom is -0.309 e. The highest BCUT2D eigenvalue weighted by atomic mass is 16.2. The SMILES string of the molecule is Cc1ccc2c(c1)C(=O)C(=O)N2CC(=O)Nc1ccccn1. The highest BCUT2D eigenvalue weighted by Gasteiger charge is 2.36. The summed E-state index contributed by atoms with van der Waals surface area (Å²) < 4.78 is 0. The molecule has 0 bridgehead atoms. The van der Waals surface area contributed by atoms with E-state index in [4.69, 9.17) is 0 Å². The number of hydrogen-bond acceptors (Lipinski definition) is 4. The maximum atomic E-state index is 12.0. The molecule has 0 saturated heterocycles. The lowest BCUT2D eigenvalue weighted by molar-refractivity contribution is -0.118. The number of amides is 2. The number of carbonyl (C=O) groups is 3. The van der Waals surface area contributed by atoms with E-state index in [1.54, 1.807) is 42.6 Å². The molecular weight excluding hydrogens is 282 g/mol. The van der Waals surface area contributed by atoms with Gasteiger partial charge in [-0.1, -0.05) is 17.7 Å². The summed E-state index contributed by atoms with van der Waals surface area (Å²) in [5.41, 5.74) is 1.70. The summed E-state index contributed by atoms with van der Waals surface area (Å²) in [6.45, 7) is 1.62. The molecule has 0 radical (unpaired) electrons. The Labute approximate surface area is 126 Å². The molecule has 1 aromatic heterocycles. The molecular formula is C16H13N3O3. The first-order chi connectivity index (χ1) is 10.6. The van der Waals surface area contributed by atoms with Gasteiger partial charge >= 0.3 is 0 Å². The van der Waals surface area contributed by atoms with E-state index >= 15 is 0 Å². The highest BCUT2D eigenvalue weighted by Crippen LogP contribution is 2.29. The van der Waals surface area contributed by atoms with Gasteiger partial charge in [0.2, 0.25) is 5.91 Å². The largest absolute Gasteiger partial charge is 0.309 e. The molecule has 1 N–H and O–H groups in total. The fraction of sp³-hybridized carbons (Fsp3) is 0.125. The van der Waals surface area contributed by atoms with Gasteiger partial charge in [0.15, 0.2) is 0 Å². The lowest BCUT2D eigenvalue weighted by Gasteiger charge is -2.15. The Morgan fingerprint density at radius 1 is 1.23 bits per heavy atom. The molecule has 6 nitrogen and oxygen atoms in total. The van der Waals surface area contributed by atoms with E-state index in [-0.39, 0.29) is 6.54 Å². The number of fused-ring (bicyclic) bond motifs is 1. The second kappa shape index (κ2) is 5.40. The maximum absolute atomic E-state index is 12.0. The van der Waals surface area contributed by atoms with Crippen molar-refractivity contribution >= 4 is 29.1 Å². The van der Waals surface area contributed by atoms with Crippen molar-refractivity contribution in [2.75, 3.05) is 16.8 Å². The Bertz CT molecular complexity index is 771. The van der Waals surface area contributed by atoms with Crippen LogP contribution in [0.25, 0.3) is 0 Å². The van der Waals surface area contributed by atoms with Crippen LogP contribution >= 0.6 is 0 Å². The van der Waals surface area contributed by atoms with E-state index in [1.807, 2.05) is 6.92 Å². The number of aromatic nitrogens is 1. The van der Waals surface area contributed by atoms with Crippen LogP contribution in [0.15, 0.2) is 42.6 Å². The smallest absolute Gasteiger partial charge is 0.299 e. The fourth-order valence-corrected chi connectivity index (χ4v) is 2.33. The summed E-state index contributed by atoms with van der Waals surface area (Å²) in [5, 5.41) is 2.59. The van der Waals surface area contributed by atoms with E-state index < -0.39 is 17.6 Å². The second-order valence-corrected chi connectivity index (χ2v) is 5.00. The van der Waals surface area contributed by atoms with Gasteiger partial charge in [0.1, 0.15) is 12.4 Å². The number of carbonyl (C=O) groups excluding carboxylic acids is 3. The second-order valence-electron chi connectivity index (χ2n) is 5.00. The molecule has 3 rings (SSSR count). The van der Waals surface area contributed by atoms with Crippen LogP contribution in [-0.4, -0.2) is 29.1 Å². The van der Waals surface area contributed by atoms with Gasteiger partial charge in [-0.25, -0.2) is 4.98 Å². The molecule has 2 aromatic rings. The number of nitrogens with one attached hydrogen (secondary N) is 1.